The van der Waals surface area contributed by atoms with Crippen molar-refractivity contribution in [3.63, 3.8) is 0 Å². The summed E-state index contributed by atoms with van der Waals surface area (Å²) in [5.41, 5.74) is 1.03. The first-order chi connectivity index (χ1) is 13.5. The van der Waals surface area contributed by atoms with Crippen LogP contribution in [0.25, 0.3) is 0 Å². The van der Waals surface area contributed by atoms with Gasteiger partial charge in [-0.05, 0) is 55.9 Å². The molecule has 2 aromatic rings. The van der Waals surface area contributed by atoms with Gasteiger partial charge in [0.15, 0.2) is 11.5 Å². The monoisotopic (exact) mass is 448 g/mol. The number of rotatable bonds is 9. The topological polar surface area (TPSA) is 51.2 Å². The highest BCUT2D eigenvalue weighted by Crippen LogP contribution is 2.32. The summed E-state index contributed by atoms with van der Waals surface area (Å²) in [6, 6.07) is 13.5. The van der Waals surface area contributed by atoms with Gasteiger partial charge in [0.2, 0.25) is 12.7 Å². The van der Waals surface area contributed by atoms with E-state index in [9.17, 15) is 4.79 Å². The molecule has 0 bridgehead atoms. The minimum Gasteiger partial charge on any atom is -0.492 e. The number of nitrogens with zero attached hydrogens (tertiary/aromatic N) is 2. The molecule has 2 aromatic carbocycles. The number of hydrogen-bond acceptors (Lipinski definition) is 5. The summed E-state index contributed by atoms with van der Waals surface area (Å²) < 4.78 is 17.5. The Balaban J connectivity index is 1.45. The van der Waals surface area contributed by atoms with Crippen LogP contribution in [0, 0.1) is 0 Å². The highest BCUT2D eigenvalue weighted by Gasteiger charge is 2.17. The molecule has 150 valence electrons. The van der Waals surface area contributed by atoms with Gasteiger partial charge in [-0.3, -0.25) is 9.69 Å². The molecule has 0 fully saturated rings. The number of hydrogen-bond donors (Lipinski definition) is 0. The molecule has 3 rings (SSSR count). The van der Waals surface area contributed by atoms with Gasteiger partial charge in [-0.25, -0.2) is 0 Å². The van der Waals surface area contributed by atoms with Crippen LogP contribution >= 0.6 is 15.9 Å². The molecule has 6 nitrogen and oxygen atoms in total. The van der Waals surface area contributed by atoms with E-state index in [0.29, 0.717) is 32.8 Å². The van der Waals surface area contributed by atoms with Gasteiger partial charge in [-0.15, -0.1) is 0 Å². The van der Waals surface area contributed by atoms with Gasteiger partial charge in [0.25, 0.3) is 0 Å². The van der Waals surface area contributed by atoms with Crippen molar-refractivity contribution >= 4 is 21.8 Å². The summed E-state index contributed by atoms with van der Waals surface area (Å²) >= 11 is 3.40. The highest BCUT2D eigenvalue weighted by molar-refractivity contribution is 9.10. The van der Waals surface area contributed by atoms with Crippen molar-refractivity contribution in [1.29, 1.82) is 0 Å². The Morgan fingerprint density at radius 1 is 1.14 bits per heavy atom. The van der Waals surface area contributed by atoms with Crippen molar-refractivity contribution in [3.05, 3.63) is 52.5 Å². The lowest BCUT2D eigenvalue weighted by Gasteiger charge is -2.24. The van der Waals surface area contributed by atoms with Crippen LogP contribution in [-0.2, 0) is 11.3 Å². The Hall–Kier alpha value is -2.25. The summed E-state index contributed by atoms with van der Waals surface area (Å²) in [7, 11) is 1.93. The molecule has 0 radical (unpaired) electrons. The number of halogens is 1. The maximum atomic E-state index is 12.7. The van der Waals surface area contributed by atoms with Gasteiger partial charge in [0.05, 0.1) is 6.54 Å². The first kappa shape index (κ1) is 20.5. The molecular formula is C21H25BrN2O4. The standard InChI is InChI=1S/C21H25BrN2O4/c1-3-24(13-16-4-9-19-20(12-16)28-15-27-19)21(25)14-23(2)10-11-26-18-7-5-17(22)6-8-18/h4-9,12H,3,10-11,13-15H2,1-2H3. The second-order valence-corrected chi connectivity index (χ2v) is 7.55. The average Bonchev–Trinajstić information content (AvgIpc) is 3.15. The maximum absolute atomic E-state index is 12.7. The molecule has 0 aliphatic carbocycles. The van der Waals surface area contributed by atoms with E-state index in [1.807, 2.05) is 66.2 Å². The number of carbonyl (C=O) groups excluding carboxylic acids is 1. The molecule has 1 aliphatic heterocycles. The molecule has 0 saturated heterocycles. The number of amides is 1. The number of carbonyl (C=O) groups is 1. The van der Waals surface area contributed by atoms with E-state index in [1.54, 1.807) is 0 Å². The van der Waals surface area contributed by atoms with Gasteiger partial charge in [-0.1, -0.05) is 22.0 Å². The van der Waals surface area contributed by atoms with Gasteiger partial charge in [0, 0.05) is 24.1 Å². The third-order valence-corrected chi connectivity index (χ3v) is 5.03. The zero-order valence-corrected chi connectivity index (χ0v) is 17.8. The Morgan fingerprint density at radius 2 is 1.89 bits per heavy atom. The smallest absolute Gasteiger partial charge is 0.237 e. The summed E-state index contributed by atoms with van der Waals surface area (Å²) in [6.45, 7) is 4.99. The summed E-state index contributed by atoms with van der Waals surface area (Å²) in [5, 5.41) is 0. The number of benzene rings is 2. The zero-order valence-electron chi connectivity index (χ0n) is 16.2. The van der Waals surface area contributed by atoms with Crippen LogP contribution < -0.4 is 14.2 Å². The van der Waals surface area contributed by atoms with Crippen LogP contribution in [0.2, 0.25) is 0 Å². The summed E-state index contributed by atoms with van der Waals surface area (Å²) in [4.78, 5) is 16.5. The van der Waals surface area contributed by atoms with Gasteiger partial charge >= 0.3 is 0 Å². The molecule has 1 heterocycles. The van der Waals surface area contributed by atoms with E-state index in [2.05, 4.69) is 15.9 Å². The van der Waals surface area contributed by atoms with Crippen LogP contribution in [0.3, 0.4) is 0 Å². The van der Waals surface area contributed by atoms with E-state index in [0.717, 1.165) is 27.3 Å². The van der Waals surface area contributed by atoms with Gasteiger partial charge in [0.1, 0.15) is 12.4 Å². The van der Waals surface area contributed by atoms with Crippen molar-refractivity contribution in [2.45, 2.75) is 13.5 Å². The minimum atomic E-state index is 0.0892. The van der Waals surface area contributed by atoms with Crippen molar-refractivity contribution in [3.8, 4) is 17.2 Å². The summed E-state index contributed by atoms with van der Waals surface area (Å²) in [5.74, 6) is 2.40. The van der Waals surface area contributed by atoms with E-state index in [1.165, 1.54) is 0 Å². The van der Waals surface area contributed by atoms with Crippen molar-refractivity contribution in [2.24, 2.45) is 0 Å². The molecule has 0 atom stereocenters. The van der Waals surface area contributed by atoms with Gasteiger partial charge < -0.3 is 19.1 Å². The molecule has 1 aliphatic rings. The van der Waals surface area contributed by atoms with Crippen molar-refractivity contribution in [2.75, 3.05) is 40.1 Å². The minimum absolute atomic E-state index is 0.0892. The Kier molecular flexibility index (Phi) is 7.17. The van der Waals surface area contributed by atoms with Crippen LogP contribution in [0.4, 0.5) is 0 Å². The highest BCUT2D eigenvalue weighted by atomic mass is 79.9. The second-order valence-electron chi connectivity index (χ2n) is 6.64. The maximum Gasteiger partial charge on any atom is 0.237 e. The van der Waals surface area contributed by atoms with Crippen LogP contribution in [0.1, 0.15) is 12.5 Å². The molecule has 7 heteroatoms. The fourth-order valence-electron chi connectivity index (χ4n) is 2.90. The fraction of sp³-hybridized carbons (Fsp3) is 0.381. The van der Waals surface area contributed by atoms with Crippen LogP contribution in [0.15, 0.2) is 46.9 Å². The van der Waals surface area contributed by atoms with Crippen molar-refractivity contribution < 1.29 is 19.0 Å². The largest absolute Gasteiger partial charge is 0.492 e. The average molecular weight is 449 g/mol. The molecule has 0 spiro atoms. The quantitative estimate of drug-likeness (QED) is 0.587. The number of likely N-dealkylation sites (N-methyl/N-ethyl adjacent to an activating group) is 2. The second kappa shape index (κ2) is 9.80. The lowest BCUT2D eigenvalue weighted by Crippen LogP contribution is -2.39. The van der Waals surface area contributed by atoms with E-state index >= 15 is 0 Å². The van der Waals surface area contributed by atoms with E-state index in [4.69, 9.17) is 14.2 Å². The molecule has 1 amide bonds. The molecule has 28 heavy (non-hydrogen) atoms. The Labute approximate surface area is 174 Å². The predicted molar refractivity (Wildman–Crippen MR) is 111 cm³/mol. The SMILES string of the molecule is CCN(Cc1ccc2c(c1)OCO2)C(=O)CN(C)CCOc1ccc(Br)cc1. The third-order valence-electron chi connectivity index (χ3n) is 4.51. The lowest BCUT2D eigenvalue weighted by atomic mass is 10.2. The fourth-order valence-corrected chi connectivity index (χ4v) is 3.16. The molecule has 0 saturated carbocycles. The van der Waals surface area contributed by atoms with Gasteiger partial charge in [-0.2, -0.15) is 0 Å². The molecule has 0 aromatic heterocycles. The Morgan fingerprint density at radius 3 is 2.64 bits per heavy atom. The molecule has 0 unspecified atom stereocenters. The van der Waals surface area contributed by atoms with Crippen LogP contribution in [-0.4, -0.2) is 55.8 Å². The molecular weight excluding hydrogens is 424 g/mol. The predicted octanol–water partition coefficient (Wildman–Crippen LogP) is 3.54. The first-order valence-electron chi connectivity index (χ1n) is 9.28. The lowest BCUT2D eigenvalue weighted by molar-refractivity contribution is -0.132. The number of fused-ring (bicyclic) bond motifs is 1. The van der Waals surface area contributed by atoms with Crippen molar-refractivity contribution in [1.82, 2.24) is 9.80 Å². The van der Waals surface area contributed by atoms with E-state index in [-0.39, 0.29) is 12.7 Å². The summed E-state index contributed by atoms with van der Waals surface area (Å²) in [6.07, 6.45) is 0. The van der Waals surface area contributed by atoms with Crippen LogP contribution in [0.5, 0.6) is 17.2 Å². The number of ether oxygens (including phenoxy) is 3. The Bertz CT molecular complexity index is 797. The normalized spacial score (nSPS) is 12.3. The third kappa shape index (κ3) is 5.62. The zero-order chi connectivity index (χ0) is 19.9. The first-order valence-corrected chi connectivity index (χ1v) is 10.1. The van der Waals surface area contributed by atoms with E-state index < -0.39 is 0 Å². The molecule has 0 N–H and O–H groups in total.